The van der Waals surface area contributed by atoms with Gasteiger partial charge in [-0.25, -0.2) is 0 Å². The predicted octanol–water partition coefficient (Wildman–Crippen LogP) is 2.06. The molecule has 0 unspecified atom stereocenters. The number of hydrogen-bond acceptors (Lipinski definition) is 2. The maximum absolute atomic E-state index is 9.02. The molecule has 0 bridgehead atoms. The number of hydrogen-bond donors (Lipinski definition) is 2. The molecule has 1 heterocycles. The van der Waals surface area contributed by atoms with Crippen LogP contribution in [0, 0.1) is 21.1 Å². The van der Waals surface area contributed by atoms with Gasteiger partial charge in [-0.05, 0) is 25.8 Å². The molecule has 0 saturated carbocycles. The Morgan fingerprint density at radius 1 is 1.00 bits per heavy atom. The second-order valence-corrected chi connectivity index (χ2v) is 2.54. The Morgan fingerprint density at radius 3 is 2.36 bits per heavy atom. The zero-order valence-electron chi connectivity index (χ0n) is 7.10. The first-order chi connectivity index (χ1) is 4.39. The number of aliphatic hydroxyl groups is 1. The van der Waals surface area contributed by atoms with Gasteiger partial charge in [0.05, 0.1) is 0 Å². The van der Waals surface area contributed by atoms with Gasteiger partial charge in [-0.2, -0.15) is 0 Å². The van der Waals surface area contributed by atoms with E-state index in [1.54, 1.807) is 0 Å². The van der Waals surface area contributed by atoms with E-state index in [-0.39, 0.29) is 14.9 Å². The van der Waals surface area contributed by atoms with Crippen molar-refractivity contribution in [3.05, 3.63) is 21.1 Å². The van der Waals surface area contributed by atoms with E-state index in [0.717, 1.165) is 19.4 Å². The van der Waals surface area contributed by atoms with Crippen molar-refractivity contribution in [1.29, 1.82) is 0 Å². The zero-order chi connectivity index (χ0) is 6.53. The van der Waals surface area contributed by atoms with Crippen LogP contribution in [0.15, 0.2) is 0 Å². The fraction of sp³-hybridized carbons (Fsp3) is 0.667. The maximum atomic E-state index is 9.02. The first-order valence-electron chi connectivity index (χ1n) is 3.68. The molecular formula is C9H18NO. The summed E-state index contributed by atoms with van der Waals surface area (Å²) in [6.45, 7) is 0.950. The van der Waals surface area contributed by atoms with Gasteiger partial charge < -0.3 is 5.11 Å². The van der Waals surface area contributed by atoms with Crippen LogP contribution in [0.4, 0.5) is 0 Å². The summed E-state index contributed by atoms with van der Waals surface area (Å²) in [5, 5.41) is 12.0. The molecule has 1 saturated heterocycles. The number of nitrogens with one attached hydrogen (secondary N) is 1. The van der Waals surface area contributed by atoms with Crippen LogP contribution in [0.2, 0.25) is 0 Å². The molecule has 0 amide bonds. The summed E-state index contributed by atoms with van der Waals surface area (Å²) < 4.78 is 0. The smallest absolute Gasteiger partial charge is 0.158 e. The second-order valence-electron chi connectivity index (χ2n) is 2.54. The van der Waals surface area contributed by atoms with E-state index in [1.807, 2.05) is 0 Å². The molecular weight excluding hydrogens is 138 g/mol. The quantitative estimate of drug-likeness (QED) is 0.562. The summed E-state index contributed by atoms with van der Waals surface area (Å²) in [7, 11) is 0. The van der Waals surface area contributed by atoms with Gasteiger partial charge in [-0.3, -0.25) is 5.32 Å². The van der Waals surface area contributed by atoms with Gasteiger partial charge in [0.15, 0.2) is 6.23 Å². The highest BCUT2D eigenvalue weighted by atomic mass is 16.3. The van der Waals surface area contributed by atoms with Crippen LogP contribution in [0.3, 0.4) is 0 Å². The zero-order valence-corrected chi connectivity index (χ0v) is 7.10. The molecule has 65 valence electrons. The van der Waals surface area contributed by atoms with Gasteiger partial charge in [-0.15, -0.1) is 0 Å². The largest absolute Gasteiger partial charge is 0.371 e. The molecule has 1 rings (SSSR count). The van der Waals surface area contributed by atoms with Crippen LogP contribution in [-0.2, 0) is 0 Å². The van der Waals surface area contributed by atoms with Crippen molar-refractivity contribution in [3.8, 4) is 0 Å². The maximum Gasteiger partial charge on any atom is 0.158 e. The lowest BCUT2D eigenvalue weighted by Gasteiger charge is -2.13. The van der Waals surface area contributed by atoms with E-state index in [1.165, 1.54) is 19.3 Å². The lowest BCUT2D eigenvalue weighted by Crippen LogP contribution is -2.23. The topological polar surface area (TPSA) is 32.3 Å². The molecule has 5 radical (unpaired) electrons. The normalized spacial score (nSPS) is 20.5. The van der Waals surface area contributed by atoms with Crippen LogP contribution in [0.25, 0.3) is 0 Å². The molecule has 2 nitrogen and oxygen atoms in total. The molecule has 1 aliphatic rings. The predicted molar refractivity (Wildman–Crippen MR) is 47.0 cm³/mol. The molecule has 0 aromatic heterocycles. The van der Waals surface area contributed by atoms with E-state index in [9.17, 15) is 0 Å². The minimum atomic E-state index is 0. The van der Waals surface area contributed by atoms with E-state index in [4.69, 9.17) is 5.11 Å². The molecule has 11 heavy (non-hydrogen) atoms. The molecule has 2 N–H and O–H groups in total. The van der Waals surface area contributed by atoms with Crippen LogP contribution >= 0.6 is 0 Å². The van der Waals surface area contributed by atoms with Gasteiger partial charge in [0, 0.05) is 0 Å². The monoisotopic (exact) mass is 156 g/mol. The molecule has 1 aliphatic heterocycles. The van der Waals surface area contributed by atoms with Gasteiger partial charge in [0.25, 0.3) is 0 Å². The van der Waals surface area contributed by atoms with E-state index in [0.29, 0.717) is 6.23 Å². The fourth-order valence-corrected chi connectivity index (χ4v) is 1.09. The third kappa shape index (κ3) is 6.32. The summed E-state index contributed by atoms with van der Waals surface area (Å²) in [6, 6.07) is 0. The first-order valence-corrected chi connectivity index (χ1v) is 3.68. The lowest BCUT2D eigenvalue weighted by molar-refractivity contribution is 0.230. The van der Waals surface area contributed by atoms with Crippen LogP contribution in [0.5, 0.6) is 0 Å². The Balaban J connectivity index is 0. The Hall–Kier alpha value is -0.0800. The Kier molecular flexibility index (Phi) is 9.85. The highest BCUT2D eigenvalue weighted by molar-refractivity contribution is 4.73. The van der Waals surface area contributed by atoms with Gasteiger partial charge in [0.2, 0.25) is 0 Å². The number of rotatable bonds is 0. The SMILES string of the molecule is O[C]1CCCCCCN1.[CH2].[CH2]. The average molecular weight is 156 g/mol. The van der Waals surface area contributed by atoms with Crippen molar-refractivity contribution in [2.45, 2.75) is 32.1 Å². The minimum Gasteiger partial charge on any atom is -0.371 e. The van der Waals surface area contributed by atoms with Crippen molar-refractivity contribution < 1.29 is 5.11 Å². The van der Waals surface area contributed by atoms with Crippen LogP contribution in [-0.4, -0.2) is 11.7 Å². The lowest BCUT2D eigenvalue weighted by atomic mass is 10.1. The summed E-state index contributed by atoms with van der Waals surface area (Å²) in [4.78, 5) is 0. The summed E-state index contributed by atoms with van der Waals surface area (Å²) in [6.07, 6.45) is 6.24. The van der Waals surface area contributed by atoms with E-state index >= 15 is 0 Å². The average Bonchev–Trinajstić information content (AvgIpc) is 1.79. The highest BCUT2D eigenvalue weighted by Crippen LogP contribution is 2.10. The first kappa shape index (κ1) is 13.5. The second kappa shape index (κ2) is 8.02. The molecule has 1 fully saturated rings. The molecule has 0 spiro atoms. The summed E-state index contributed by atoms with van der Waals surface area (Å²) in [5.41, 5.74) is 0. The summed E-state index contributed by atoms with van der Waals surface area (Å²) in [5.74, 6) is 0. The summed E-state index contributed by atoms with van der Waals surface area (Å²) >= 11 is 0. The molecule has 0 aromatic rings. The van der Waals surface area contributed by atoms with Crippen LogP contribution < -0.4 is 5.32 Å². The highest BCUT2D eigenvalue weighted by Gasteiger charge is 2.05. The number of aliphatic hydroxyl groups excluding tert-OH is 1. The van der Waals surface area contributed by atoms with E-state index < -0.39 is 0 Å². The fourth-order valence-electron chi connectivity index (χ4n) is 1.09. The van der Waals surface area contributed by atoms with E-state index in [2.05, 4.69) is 5.32 Å². The van der Waals surface area contributed by atoms with Gasteiger partial charge >= 0.3 is 0 Å². The van der Waals surface area contributed by atoms with Crippen molar-refractivity contribution in [2.75, 3.05) is 6.54 Å². The third-order valence-corrected chi connectivity index (χ3v) is 1.67. The Morgan fingerprint density at radius 2 is 1.64 bits per heavy atom. The van der Waals surface area contributed by atoms with Gasteiger partial charge in [0.1, 0.15) is 0 Å². The Labute approximate surface area is 71.0 Å². The Bertz CT molecular complexity index is 68.0. The van der Waals surface area contributed by atoms with Crippen molar-refractivity contribution in [3.63, 3.8) is 0 Å². The molecule has 0 aromatic carbocycles. The van der Waals surface area contributed by atoms with Crippen LogP contribution in [0.1, 0.15) is 32.1 Å². The molecule has 0 aliphatic carbocycles. The van der Waals surface area contributed by atoms with Crippen molar-refractivity contribution in [2.24, 2.45) is 0 Å². The third-order valence-electron chi connectivity index (χ3n) is 1.67. The minimum absolute atomic E-state index is 0. The van der Waals surface area contributed by atoms with Crippen molar-refractivity contribution in [1.82, 2.24) is 5.32 Å². The van der Waals surface area contributed by atoms with Crippen molar-refractivity contribution >= 4 is 0 Å². The van der Waals surface area contributed by atoms with Gasteiger partial charge in [-0.1, -0.05) is 27.7 Å². The molecule has 2 heteroatoms. The molecule has 0 atom stereocenters. The standard InChI is InChI=1S/C7H14NO.2CH2/c9-7-5-3-1-2-4-6-8-7;;/h8-9H,1-6H2;2*1H2.